The molecule has 3 nitrogen and oxygen atoms in total. The fourth-order valence-corrected chi connectivity index (χ4v) is 2.07. The standard InChI is InChI=1S/C6H9NO2S2/c1-3(2)4-5(8)7(10)6(9)11-4/h3-4,10H,1-2H3. The van der Waals surface area contributed by atoms with Gasteiger partial charge in [0.05, 0.1) is 5.25 Å². The number of carbonyl (C=O) groups excluding carboxylic acids is 2. The van der Waals surface area contributed by atoms with Crippen LogP contribution in [0.25, 0.3) is 0 Å². The first-order valence-electron chi connectivity index (χ1n) is 3.27. The first-order chi connectivity index (χ1) is 5.04. The van der Waals surface area contributed by atoms with Gasteiger partial charge in [-0.05, 0) is 17.7 Å². The third-order valence-electron chi connectivity index (χ3n) is 1.46. The zero-order chi connectivity index (χ0) is 8.59. The van der Waals surface area contributed by atoms with E-state index in [1.807, 2.05) is 13.8 Å². The summed E-state index contributed by atoms with van der Waals surface area (Å²) in [7, 11) is 0. The highest BCUT2D eigenvalue weighted by molar-refractivity contribution is 8.16. The number of imide groups is 1. The van der Waals surface area contributed by atoms with Crippen LogP contribution >= 0.6 is 24.6 Å². The summed E-state index contributed by atoms with van der Waals surface area (Å²) in [5.41, 5.74) is 0. The molecule has 0 aromatic heterocycles. The molecule has 1 atom stereocenters. The van der Waals surface area contributed by atoms with Gasteiger partial charge in [-0.2, -0.15) is 0 Å². The maximum absolute atomic E-state index is 11.2. The van der Waals surface area contributed by atoms with Crippen molar-refractivity contribution in [2.45, 2.75) is 19.1 Å². The van der Waals surface area contributed by atoms with Crippen LogP contribution in [0.15, 0.2) is 0 Å². The van der Waals surface area contributed by atoms with Gasteiger partial charge in [0.25, 0.3) is 11.1 Å². The van der Waals surface area contributed by atoms with Crippen LogP contribution in [-0.2, 0) is 4.79 Å². The molecule has 1 rings (SSSR count). The summed E-state index contributed by atoms with van der Waals surface area (Å²) in [6.07, 6.45) is 0. The van der Waals surface area contributed by atoms with Crippen LogP contribution in [0.1, 0.15) is 13.8 Å². The second-order valence-corrected chi connectivity index (χ2v) is 4.19. The van der Waals surface area contributed by atoms with Gasteiger partial charge in [0.1, 0.15) is 0 Å². The summed E-state index contributed by atoms with van der Waals surface area (Å²) in [6, 6.07) is 0. The summed E-state index contributed by atoms with van der Waals surface area (Å²) in [5.74, 6) is -0.00747. The molecule has 1 aliphatic rings. The Kier molecular flexibility index (Phi) is 2.49. The molecule has 62 valence electrons. The van der Waals surface area contributed by atoms with E-state index in [9.17, 15) is 9.59 Å². The predicted molar refractivity (Wildman–Crippen MR) is 47.4 cm³/mol. The number of carbonyl (C=O) groups is 2. The average molecular weight is 191 g/mol. The fourth-order valence-electron chi connectivity index (χ4n) is 0.841. The van der Waals surface area contributed by atoms with E-state index in [1.165, 1.54) is 0 Å². The Labute approximate surface area is 75.1 Å². The fraction of sp³-hybridized carbons (Fsp3) is 0.667. The lowest BCUT2D eigenvalue weighted by atomic mass is 10.1. The molecule has 11 heavy (non-hydrogen) atoms. The Hall–Kier alpha value is -0.160. The highest BCUT2D eigenvalue weighted by Crippen LogP contribution is 2.32. The van der Waals surface area contributed by atoms with Gasteiger partial charge in [-0.15, -0.1) is 0 Å². The molecule has 0 saturated carbocycles. The molecule has 1 aliphatic heterocycles. The highest BCUT2D eigenvalue weighted by Gasteiger charge is 2.39. The zero-order valence-corrected chi connectivity index (χ0v) is 7.98. The predicted octanol–water partition coefficient (Wildman–Crippen LogP) is 1.55. The molecule has 1 fully saturated rings. The lowest BCUT2D eigenvalue weighted by Crippen LogP contribution is -2.25. The number of hydrogen-bond acceptors (Lipinski definition) is 4. The number of nitrogens with zero attached hydrogens (tertiary/aromatic N) is 1. The van der Waals surface area contributed by atoms with Crippen LogP contribution in [0, 0.1) is 5.92 Å². The van der Waals surface area contributed by atoms with Gasteiger partial charge in [0.2, 0.25) is 0 Å². The van der Waals surface area contributed by atoms with Crippen molar-refractivity contribution in [3.8, 4) is 0 Å². The number of hydrogen-bond donors (Lipinski definition) is 1. The van der Waals surface area contributed by atoms with Crippen LogP contribution in [0.5, 0.6) is 0 Å². The molecule has 2 amide bonds. The van der Waals surface area contributed by atoms with Gasteiger partial charge in [0.15, 0.2) is 0 Å². The van der Waals surface area contributed by atoms with Crippen molar-refractivity contribution in [2.75, 3.05) is 0 Å². The normalized spacial score (nSPS) is 25.5. The Balaban J connectivity index is 2.75. The largest absolute Gasteiger partial charge is 0.299 e. The summed E-state index contributed by atoms with van der Waals surface area (Å²) in [4.78, 5) is 22.1. The van der Waals surface area contributed by atoms with Gasteiger partial charge in [-0.25, -0.2) is 4.31 Å². The third-order valence-corrected chi connectivity index (χ3v) is 3.36. The molecule has 1 heterocycles. The van der Waals surface area contributed by atoms with Gasteiger partial charge in [-0.3, -0.25) is 9.59 Å². The number of thioether (sulfide) groups is 1. The minimum Gasteiger partial charge on any atom is -0.272 e. The smallest absolute Gasteiger partial charge is 0.272 e. The summed E-state index contributed by atoms with van der Waals surface area (Å²) >= 11 is 4.80. The van der Waals surface area contributed by atoms with Gasteiger partial charge < -0.3 is 0 Å². The molecule has 0 radical (unpaired) electrons. The third kappa shape index (κ3) is 1.54. The Morgan fingerprint density at radius 1 is 1.55 bits per heavy atom. The van der Waals surface area contributed by atoms with E-state index in [0.717, 1.165) is 16.1 Å². The molecule has 1 unspecified atom stereocenters. The van der Waals surface area contributed by atoms with Crippen molar-refractivity contribution in [3.05, 3.63) is 0 Å². The molecule has 5 heteroatoms. The lowest BCUT2D eigenvalue weighted by molar-refractivity contribution is -0.123. The number of amides is 2. The Bertz CT molecular complexity index is 205. The van der Waals surface area contributed by atoms with Crippen molar-refractivity contribution >= 4 is 35.7 Å². The molecule has 0 aromatic carbocycles. The van der Waals surface area contributed by atoms with E-state index in [-0.39, 0.29) is 22.3 Å². The van der Waals surface area contributed by atoms with Gasteiger partial charge in [-0.1, -0.05) is 26.7 Å². The molecule has 0 N–H and O–H groups in total. The van der Waals surface area contributed by atoms with Crippen LogP contribution in [0.3, 0.4) is 0 Å². The second-order valence-electron chi connectivity index (χ2n) is 2.70. The second kappa shape index (κ2) is 3.06. The maximum atomic E-state index is 11.2. The molecule has 0 spiro atoms. The van der Waals surface area contributed by atoms with Crippen LogP contribution < -0.4 is 0 Å². The van der Waals surface area contributed by atoms with Crippen molar-refractivity contribution in [2.24, 2.45) is 5.92 Å². The number of thiol groups is 1. The van der Waals surface area contributed by atoms with E-state index < -0.39 is 0 Å². The van der Waals surface area contributed by atoms with Crippen molar-refractivity contribution in [3.63, 3.8) is 0 Å². The quantitative estimate of drug-likeness (QED) is 0.639. The summed E-state index contributed by atoms with van der Waals surface area (Å²) in [6.45, 7) is 3.82. The van der Waals surface area contributed by atoms with E-state index in [4.69, 9.17) is 0 Å². The van der Waals surface area contributed by atoms with E-state index >= 15 is 0 Å². The summed E-state index contributed by atoms with van der Waals surface area (Å²) < 4.78 is 0.884. The van der Waals surface area contributed by atoms with Crippen molar-refractivity contribution in [1.82, 2.24) is 4.31 Å². The van der Waals surface area contributed by atoms with E-state index in [1.54, 1.807) is 0 Å². The minimum absolute atomic E-state index is 0.189. The Morgan fingerprint density at radius 2 is 2.09 bits per heavy atom. The average Bonchev–Trinajstić information content (AvgIpc) is 2.17. The monoisotopic (exact) mass is 191 g/mol. The molecule has 0 aliphatic carbocycles. The van der Waals surface area contributed by atoms with Crippen LogP contribution in [0.2, 0.25) is 0 Å². The first kappa shape index (κ1) is 8.93. The molecule has 0 aromatic rings. The first-order valence-corrected chi connectivity index (χ1v) is 4.55. The molecular weight excluding hydrogens is 182 g/mol. The Morgan fingerprint density at radius 3 is 2.27 bits per heavy atom. The van der Waals surface area contributed by atoms with Crippen LogP contribution in [-0.4, -0.2) is 20.7 Å². The van der Waals surface area contributed by atoms with E-state index in [0.29, 0.717) is 0 Å². The van der Waals surface area contributed by atoms with E-state index in [2.05, 4.69) is 12.8 Å². The molecule has 1 saturated heterocycles. The zero-order valence-electron chi connectivity index (χ0n) is 6.27. The minimum atomic E-state index is -0.267. The van der Waals surface area contributed by atoms with Crippen molar-refractivity contribution in [1.29, 1.82) is 0 Å². The highest BCUT2D eigenvalue weighted by atomic mass is 32.2. The number of rotatable bonds is 1. The van der Waals surface area contributed by atoms with Gasteiger partial charge >= 0.3 is 0 Å². The maximum Gasteiger partial charge on any atom is 0.299 e. The van der Waals surface area contributed by atoms with Crippen molar-refractivity contribution < 1.29 is 9.59 Å². The molecule has 0 bridgehead atoms. The topological polar surface area (TPSA) is 37.4 Å². The van der Waals surface area contributed by atoms with Gasteiger partial charge in [0, 0.05) is 0 Å². The SMILES string of the molecule is CC(C)C1SC(=O)N(S)C1=O. The lowest BCUT2D eigenvalue weighted by Gasteiger charge is -2.08. The summed E-state index contributed by atoms with van der Waals surface area (Å²) in [5, 5.41) is -0.503. The van der Waals surface area contributed by atoms with Crippen LogP contribution in [0.4, 0.5) is 4.79 Å². The molecular formula is C6H9NO2S2.